The number of aromatic hydroxyl groups is 1. The van der Waals surface area contributed by atoms with E-state index in [1.54, 1.807) is 6.07 Å². The molecule has 0 aliphatic rings. The molecule has 118 valence electrons. The van der Waals surface area contributed by atoms with Crippen molar-refractivity contribution in [2.75, 3.05) is 6.61 Å². The van der Waals surface area contributed by atoms with Crippen molar-refractivity contribution < 1.29 is 19.7 Å². The summed E-state index contributed by atoms with van der Waals surface area (Å²) in [6, 6.07) is 6.90. The van der Waals surface area contributed by atoms with Gasteiger partial charge in [0.2, 0.25) is 0 Å². The van der Waals surface area contributed by atoms with Crippen LogP contribution in [0, 0.1) is 6.92 Å². The third-order valence-corrected chi connectivity index (χ3v) is 3.71. The van der Waals surface area contributed by atoms with Gasteiger partial charge in [-0.1, -0.05) is 43.9 Å². The van der Waals surface area contributed by atoms with Gasteiger partial charge in [0.25, 0.3) is 0 Å². The molecule has 0 heterocycles. The lowest BCUT2D eigenvalue weighted by atomic mass is 10.0. The summed E-state index contributed by atoms with van der Waals surface area (Å²) in [5, 5.41) is 20.6. The van der Waals surface area contributed by atoms with Crippen LogP contribution in [0.3, 0.4) is 0 Å². The Morgan fingerprint density at radius 1 is 1.14 bits per heavy atom. The van der Waals surface area contributed by atoms with Crippen LogP contribution >= 0.6 is 0 Å². The van der Waals surface area contributed by atoms with Gasteiger partial charge in [0.05, 0.1) is 6.61 Å². The molecule has 4 heteroatoms. The highest BCUT2D eigenvalue weighted by atomic mass is 16.5. The summed E-state index contributed by atoms with van der Waals surface area (Å²) < 4.78 is 5.79. The Morgan fingerprint density at radius 2 is 1.91 bits per heavy atom. The Morgan fingerprint density at radius 3 is 2.59 bits per heavy atom. The minimum Gasteiger partial charge on any atom is -0.506 e. The first-order chi connectivity index (χ1) is 10.5. The fourth-order valence-electron chi connectivity index (χ4n) is 2.48. The molecule has 0 aliphatic heterocycles. The van der Waals surface area contributed by atoms with Crippen LogP contribution in [0.4, 0.5) is 0 Å². The van der Waals surface area contributed by atoms with Gasteiger partial charge in [-0.25, -0.2) is 4.79 Å². The zero-order valence-corrected chi connectivity index (χ0v) is 13.1. The normalized spacial score (nSPS) is 10.8. The SMILES string of the molecule is CCCCCCOc1cc(C(=O)O)c(O)c2ccc(C)cc12. The van der Waals surface area contributed by atoms with E-state index in [4.69, 9.17) is 4.74 Å². The molecule has 4 nitrogen and oxygen atoms in total. The lowest BCUT2D eigenvalue weighted by Crippen LogP contribution is -2.02. The van der Waals surface area contributed by atoms with E-state index in [-0.39, 0.29) is 11.3 Å². The average molecular weight is 302 g/mol. The second kappa shape index (κ2) is 7.16. The van der Waals surface area contributed by atoms with Crippen molar-refractivity contribution in [3.8, 4) is 11.5 Å². The maximum atomic E-state index is 11.3. The van der Waals surface area contributed by atoms with Crippen LogP contribution in [0.2, 0.25) is 0 Å². The Labute approximate surface area is 130 Å². The highest BCUT2D eigenvalue weighted by molar-refractivity contribution is 6.03. The van der Waals surface area contributed by atoms with Gasteiger partial charge in [0.1, 0.15) is 17.1 Å². The zero-order chi connectivity index (χ0) is 16.1. The smallest absolute Gasteiger partial charge is 0.339 e. The lowest BCUT2D eigenvalue weighted by molar-refractivity contribution is 0.0693. The van der Waals surface area contributed by atoms with Gasteiger partial charge in [-0.15, -0.1) is 0 Å². The van der Waals surface area contributed by atoms with E-state index in [2.05, 4.69) is 6.92 Å². The van der Waals surface area contributed by atoms with E-state index in [1.807, 2.05) is 19.1 Å². The molecule has 0 aliphatic carbocycles. The first-order valence-electron chi connectivity index (χ1n) is 7.67. The monoisotopic (exact) mass is 302 g/mol. The number of fused-ring (bicyclic) bond motifs is 1. The van der Waals surface area contributed by atoms with E-state index < -0.39 is 5.97 Å². The van der Waals surface area contributed by atoms with Crippen LogP contribution in [-0.4, -0.2) is 22.8 Å². The van der Waals surface area contributed by atoms with E-state index in [0.717, 1.165) is 30.2 Å². The quantitative estimate of drug-likeness (QED) is 0.738. The summed E-state index contributed by atoms with van der Waals surface area (Å²) in [4.78, 5) is 11.3. The van der Waals surface area contributed by atoms with Gasteiger partial charge in [-0.2, -0.15) is 0 Å². The molecule has 0 saturated heterocycles. The molecule has 2 aromatic rings. The molecule has 0 radical (unpaired) electrons. The Balaban J connectivity index is 2.36. The molecule has 22 heavy (non-hydrogen) atoms. The van der Waals surface area contributed by atoms with Crippen molar-refractivity contribution in [3.63, 3.8) is 0 Å². The summed E-state index contributed by atoms with van der Waals surface area (Å²) in [5.41, 5.74) is 0.908. The number of carboxylic acid groups (broad SMARTS) is 1. The van der Waals surface area contributed by atoms with Gasteiger partial charge in [0.15, 0.2) is 0 Å². The van der Waals surface area contributed by atoms with Crippen LogP contribution in [0.1, 0.15) is 48.5 Å². The summed E-state index contributed by atoms with van der Waals surface area (Å²) in [5.74, 6) is -0.845. The minimum absolute atomic E-state index is 0.125. The van der Waals surface area contributed by atoms with Gasteiger partial charge in [-0.3, -0.25) is 0 Å². The molecule has 0 spiro atoms. The van der Waals surface area contributed by atoms with Gasteiger partial charge < -0.3 is 14.9 Å². The molecule has 2 rings (SSSR count). The lowest BCUT2D eigenvalue weighted by Gasteiger charge is -2.13. The molecule has 0 amide bonds. The standard InChI is InChI=1S/C18H22O4/c1-3-4-5-6-9-22-16-11-15(18(20)21)17(19)13-8-7-12(2)10-14(13)16/h7-8,10-11,19H,3-6,9H2,1-2H3,(H,20,21). The van der Waals surface area contributed by atoms with Crippen molar-refractivity contribution in [1.82, 2.24) is 0 Å². The van der Waals surface area contributed by atoms with Crippen LogP contribution < -0.4 is 4.74 Å². The van der Waals surface area contributed by atoms with Crippen molar-refractivity contribution in [3.05, 3.63) is 35.4 Å². The second-order valence-corrected chi connectivity index (χ2v) is 5.53. The predicted octanol–water partition coefficient (Wildman–Crippen LogP) is 4.51. The molecule has 2 N–H and O–H groups in total. The molecular weight excluding hydrogens is 280 g/mol. The Kier molecular flexibility index (Phi) is 5.26. The van der Waals surface area contributed by atoms with Crippen molar-refractivity contribution in [1.29, 1.82) is 0 Å². The molecule has 0 atom stereocenters. The Hall–Kier alpha value is -2.23. The largest absolute Gasteiger partial charge is 0.506 e. The van der Waals surface area contributed by atoms with Crippen LogP contribution in [0.15, 0.2) is 24.3 Å². The predicted molar refractivity (Wildman–Crippen MR) is 86.9 cm³/mol. The number of carbonyl (C=O) groups is 1. The summed E-state index contributed by atoms with van der Waals surface area (Å²) in [7, 11) is 0. The zero-order valence-electron chi connectivity index (χ0n) is 13.1. The van der Waals surface area contributed by atoms with Crippen molar-refractivity contribution >= 4 is 16.7 Å². The summed E-state index contributed by atoms with van der Waals surface area (Å²) in [6.07, 6.45) is 4.35. The molecule has 0 bridgehead atoms. The molecular formula is C18H22O4. The summed E-state index contributed by atoms with van der Waals surface area (Å²) in [6.45, 7) is 4.65. The topological polar surface area (TPSA) is 66.8 Å². The number of carboxylic acids is 1. The van der Waals surface area contributed by atoms with Crippen molar-refractivity contribution in [2.45, 2.75) is 39.5 Å². The number of phenols is 1. The number of rotatable bonds is 7. The third-order valence-electron chi connectivity index (χ3n) is 3.71. The number of aromatic carboxylic acids is 1. The molecule has 2 aromatic carbocycles. The molecule has 0 unspecified atom stereocenters. The average Bonchev–Trinajstić information content (AvgIpc) is 2.48. The number of ether oxygens (including phenoxy) is 1. The maximum Gasteiger partial charge on any atom is 0.339 e. The van der Waals surface area contributed by atoms with Crippen LogP contribution in [0.5, 0.6) is 11.5 Å². The fourth-order valence-corrected chi connectivity index (χ4v) is 2.48. The summed E-state index contributed by atoms with van der Waals surface area (Å²) >= 11 is 0. The second-order valence-electron chi connectivity index (χ2n) is 5.53. The van der Waals surface area contributed by atoms with Gasteiger partial charge in [-0.05, 0) is 25.5 Å². The molecule has 0 aromatic heterocycles. The maximum absolute atomic E-state index is 11.3. The third kappa shape index (κ3) is 3.50. The first-order valence-corrected chi connectivity index (χ1v) is 7.67. The molecule has 0 saturated carbocycles. The number of aryl methyl sites for hydroxylation is 1. The van der Waals surface area contributed by atoms with Crippen LogP contribution in [0.25, 0.3) is 10.8 Å². The fraction of sp³-hybridized carbons (Fsp3) is 0.389. The highest BCUT2D eigenvalue weighted by Gasteiger charge is 2.17. The first kappa shape index (κ1) is 16.1. The highest BCUT2D eigenvalue weighted by Crippen LogP contribution is 2.36. The van der Waals surface area contributed by atoms with Crippen molar-refractivity contribution in [2.24, 2.45) is 0 Å². The van der Waals surface area contributed by atoms with E-state index in [9.17, 15) is 15.0 Å². The number of hydrogen-bond donors (Lipinski definition) is 2. The number of hydrogen-bond acceptors (Lipinski definition) is 3. The van der Waals surface area contributed by atoms with Crippen LogP contribution in [-0.2, 0) is 0 Å². The van der Waals surface area contributed by atoms with E-state index >= 15 is 0 Å². The number of unbranched alkanes of at least 4 members (excludes halogenated alkanes) is 3. The van der Waals surface area contributed by atoms with Gasteiger partial charge >= 0.3 is 5.97 Å². The van der Waals surface area contributed by atoms with Gasteiger partial charge in [0, 0.05) is 10.8 Å². The number of benzene rings is 2. The van der Waals surface area contributed by atoms with E-state index in [0.29, 0.717) is 17.7 Å². The minimum atomic E-state index is -1.16. The molecule has 0 fully saturated rings. The van der Waals surface area contributed by atoms with E-state index in [1.165, 1.54) is 12.5 Å². The Bertz CT molecular complexity index is 676.